The van der Waals surface area contributed by atoms with Gasteiger partial charge in [-0.05, 0) is 52.2 Å². The summed E-state index contributed by atoms with van der Waals surface area (Å²) in [5.41, 5.74) is 4.27. The second-order valence-electron chi connectivity index (χ2n) is 9.16. The van der Waals surface area contributed by atoms with Crippen molar-refractivity contribution in [2.45, 2.75) is 57.9 Å². The van der Waals surface area contributed by atoms with Crippen molar-refractivity contribution < 1.29 is 8.42 Å². The predicted molar refractivity (Wildman–Crippen MR) is 134 cm³/mol. The van der Waals surface area contributed by atoms with Crippen LogP contribution >= 0.6 is 11.3 Å². The monoisotopic (exact) mass is 510 g/mol. The standard InChI is InChI=1S/C23H26N8O2S2/c1-5-29-11-17(15(4)27-29)35(32,33)30-8-6-7-16(10-30)21-26-22-20-19(24-12-31(22)28-21)18-13(2)9-14(3)25-23(18)34-20/h9,11-12,16H,5-8,10H2,1-4H3/t16-/m1/s1. The smallest absolute Gasteiger partial charge is 0.246 e. The molecule has 1 saturated heterocycles. The summed E-state index contributed by atoms with van der Waals surface area (Å²) in [6, 6.07) is 2.07. The normalized spacial score (nSPS) is 17.8. The quantitative estimate of drug-likeness (QED) is 0.363. The number of fused-ring (bicyclic) bond motifs is 5. The molecule has 0 spiro atoms. The second-order valence-corrected chi connectivity index (χ2v) is 12.1. The Hall–Kier alpha value is -2.96. The third kappa shape index (κ3) is 3.54. The molecule has 0 amide bonds. The van der Waals surface area contributed by atoms with Gasteiger partial charge in [0.2, 0.25) is 10.0 Å². The molecular weight excluding hydrogens is 484 g/mol. The van der Waals surface area contributed by atoms with Crippen LogP contribution in [0.4, 0.5) is 0 Å². The molecule has 182 valence electrons. The van der Waals surface area contributed by atoms with Crippen molar-refractivity contribution in [3.8, 4) is 0 Å². The van der Waals surface area contributed by atoms with Crippen LogP contribution in [0.15, 0.2) is 23.5 Å². The molecule has 6 heterocycles. The van der Waals surface area contributed by atoms with E-state index in [0.717, 1.165) is 50.2 Å². The third-order valence-corrected chi connectivity index (χ3v) is 9.74. The molecular formula is C23H26N8O2S2. The van der Waals surface area contributed by atoms with Crippen molar-refractivity contribution in [1.82, 2.24) is 38.7 Å². The zero-order chi connectivity index (χ0) is 24.5. The average Bonchev–Trinajstić information content (AvgIpc) is 3.53. The van der Waals surface area contributed by atoms with Crippen LogP contribution in [0.2, 0.25) is 0 Å². The Labute approximate surface area is 206 Å². The minimum absolute atomic E-state index is 0.0912. The Morgan fingerprint density at radius 3 is 2.77 bits per heavy atom. The van der Waals surface area contributed by atoms with Crippen LogP contribution in [-0.2, 0) is 16.6 Å². The Bertz CT molecular complexity index is 1720. The van der Waals surface area contributed by atoms with E-state index in [0.29, 0.717) is 31.2 Å². The molecule has 1 fully saturated rings. The van der Waals surface area contributed by atoms with Gasteiger partial charge in [0.1, 0.15) is 20.8 Å². The lowest BCUT2D eigenvalue weighted by Crippen LogP contribution is -2.39. The molecule has 12 heteroatoms. The fourth-order valence-electron chi connectivity index (χ4n) is 4.98. The van der Waals surface area contributed by atoms with Gasteiger partial charge in [0, 0.05) is 42.8 Å². The van der Waals surface area contributed by atoms with Gasteiger partial charge in [-0.15, -0.1) is 16.4 Å². The first-order valence-corrected chi connectivity index (χ1v) is 14.0. The van der Waals surface area contributed by atoms with Crippen molar-refractivity contribution >= 4 is 47.4 Å². The summed E-state index contributed by atoms with van der Waals surface area (Å²) in [5.74, 6) is 0.560. The SMILES string of the molecule is CCn1cc(S(=O)(=O)N2CCC[C@@H](c3nc4c5sc6nc(C)cc(C)c6c5ncn4n3)C2)c(C)n1. The lowest BCUT2D eigenvalue weighted by molar-refractivity contribution is 0.309. The van der Waals surface area contributed by atoms with Crippen LogP contribution in [0, 0.1) is 20.8 Å². The van der Waals surface area contributed by atoms with Crippen molar-refractivity contribution in [1.29, 1.82) is 0 Å². The van der Waals surface area contributed by atoms with E-state index in [1.807, 2.05) is 13.8 Å². The lowest BCUT2D eigenvalue weighted by Gasteiger charge is -2.30. The molecule has 0 aliphatic carbocycles. The van der Waals surface area contributed by atoms with E-state index in [2.05, 4.69) is 23.1 Å². The molecule has 5 aromatic rings. The van der Waals surface area contributed by atoms with Crippen LogP contribution < -0.4 is 0 Å². The van der Waals surface area contributed by atoms with Crippen molar-refractivity contribution in [2.75, 3.05) is 13.1 Å². The molecule has 6 rings (SSSR count). The van der Waals surface area contributed by atoms with Gasteiger partial charge in [0.25, 0.3) is 0 Å². The topological polar surface area (TPSA) is 111 Å². The zero-order valence-electron chi connectivity index (χ0n) is 20.1. The Morgan fingerprint density at radius 1 is 1.17 bits per heavy atom. The number of pyridine rings is 1. The van der Waals surface area contributed by atoms with Gasteiger partial charge < -0.3 is 0 Å². The second kappa shape index (κ2) is 8.04. The highest BCUT2D eigenvalue weighted by atomic mass is 32.2. The molecule has 1 atom stereocenters. The van der Waals surface area contributed by atoms with Gasteiger partial charge >= 0.3 is 0 Å². The van der Waals surface area contributed by atoms with Gasteiger partial charge in [-0.25, -0.2) is 27.9 Å². The summed E-state index contributed by atoms with van der Waals surface area (Å²) in [7, 11) is -3.64. The number of thiophene rings is 1. The van der Waals surface area contributed by atoms with E-state index in [9.17, 15) is 8.42 Å². The number of hydrogen-bond donors (Lipinski definition) is 0. The summed E-state index contributed by atoms with van der Waals surface area (Å²) in [6.45, 7) is 9.20. The molecule has 5 aromatic heterocycles. The van der Waals surface area contributed by atoms with Gasteiger partial charge in [-0.3, -0.25) is 4.68 Å². The molecule has 1 aliphatic heterocycles. The van der Waals surface area contributed by atoms with E-state index >= 15 is 0 Å². The average molecular weight is 511 g/mol. The zero-order valence-corrected chi connectivity index (χ0v) is 21.7. The molecule has 0 radical (unpaired) electrons. The Morgan fingerprint density at radius 2 is 2.00 bits per heavy atom. The van der Waals surface area contributed by atoms with E-state index < -0.39 is 10.0 Å². The first-order chi connectivity index (χ1) is 16.8. The van der Waals surface area contributed by atoms with Crippen LogP contribution in [0.25, 0.3) is 26.1 Å². The number of rotatable bonds is 4. The Balaban J connectivity index is 1.38. The van der Waals surface area contributed by atoms with Crippen LogP contribution in [0.5, 0.6) is 0 Å². The molecule has 35 heavy (non-hydrogen) atoms. The number of nitrogens with zero attached hydrogens (tertiary/aromatic N) is 8. The highest BCUT2D eigenvalue weighted by Gasteiger charge is 2.34. The molecule has 0 saturated carbocycles. The number of aryl methyl sites for hydroxylation is 4. The predicted octanol–water partition coefficient (Wildman–Crippen LogP) is 3.60. The Kier molecular flexibility index (Phi) is 5.17. The largest absolute Gasteiger partial charge is 0.271 e. The maximum atomic E-state index is 13.4. The van der Waals surface area contributed by atoms with Gasteiger partial charge in [-0.2, -0.15) is 9.40 Å². The minimum atomic E-state index is -3.64. The first kappa shape index (κ1) is 22.5. The molecule has 0 bridgehead atoms. The maximum Gasteiger partial charge on any atom is 0.246 e. The fourth-order valence-corrected chi connectivity index (χ4v) is 7.90. The van der Waals surface area contributed by atoms with E-state index in [-0.39, 0.29) is 10.8 Å². The van der Waals surface area contributed by atoms with Crippen LogP contribution in [0.3, 0.4) is 0 Å². The van der Waals surface area contributed by atoms with E-state index in [4.69, 9.17) is 15.1 Å². The summed E-state index contributed by atoms with van der Waals surface area (Å²) in [4.78, 5) is 15.5. The highest BCUT2D eigenvalue weighted by Crippen LogP contribution is 2.36. The number of aromatic nitrogens is 7. The van der Waals surface area contributed by atoms with Crippen LogP contribution in [-0.4, -0.2) is 60.2 Å². The molecule has 10 nitrogen and oxygen atoms in total. The first-order valence-electron chi connectivity index (χ1n) is 11.7. The molecule has 0 N–H and O–H groups in total. The van der Waals surface area contributed by atoms with Crippen molar-refractivity contribution in [3.63, 3.8) is 0 Å². The van der Waals surface area contributed by atoms with E-state index in [1.165, 1.54) is 0 Å². The summed E-state index contributed by atoms with van der Waals surface area (Å²) in [6.07, 6.45) is 4.90. The lowest BCUT2D eigenvalue weighted by atomic mass is 9.99. The van der Waals surface area contributed by atoms with Crippen molar-refractivity contribution in [2.24, 2.45) is 0 Å². The summed E-state index contributed by atoms with van der Waals surface area (Å²) >= 11 is 1.58. The van der Waals surface area contributed by atoms with Gasteiger partial charge in [0.15, 0.2) is 11.5 Å². The number of hydrogen-bond acceptors (Lipinski definition) is 8. The summed E-state index contributed by atoms with van der Waals surface area (Å²) in [5, 5.41) is 10.1. The maximum absolute atomic E-state index is 13.4. The fraction of sp³-hybridized carbons (Fsp3) is 0.435. The highest BCUT2D eigenvalue weighted by molar-refractivity contribution is 7.89. The van der Waals surface area contributed by atoms with Crippen LogP contribution in [0.1, 0.15) is 48.5 Å². The minimum Gasteiger partial charge on any atom is -0.271 e. The van der Waals surface area contributed by atoms with Gasteiger partial charge in [-0.1, -0.05) is 0 Å². The van der Waals surface area contributed by atoms with E-state index in [1.54, 1.807) is 44.3 Å². The molecule has 0 aromatic carbocycles. The molecule has 1 aliphatic rings. The molecule has 0 unspecified atom stereocenters. The third-order valence-electron chi connectivity index (χ3n) is 6.70. The number of sulfonamides is 1. The number of piperidine rings is 1. The van der Waals surface area contributed by atoms with Gasteiger partial charge in [0.05, 0.1) is 11.2 Å². The van der Waals surface area contributed by atoms with Crippen molar-refractivity contribution in [3.05, 3.63) is 41.4 Å². The summed E-state index contributed by atoms with van der Waals surface area (Å²) < 4.78 is 32.7.